The maximum absolute atomic E-state index is 13.1. The zero-order valence-electron chi connectivity index (χ0n) is 8.84. The molecular formula is C10H9ClF3NO2. The van der Waals surface area contributed by atoms with Crippen molar-refractivity contribution < 1.29 is 22.7 Å². The number of ether oxygens (including phenoxy) is 1. The Morgan fingerprint density at radius 2 is 2.24 bits per heavy atom. The lowest BCUT2D eigenvalue weighted by Crippen LogP contribution is -2.11. The minimum absolute atomic E-state index is 0.117. The zero-order chi connectivity index (χ0) is 13.0. The van der Waals surface area contributed by atoms with Gasteiger partial charge in [-0.1, -0.05) is 11.6 Å². The molecule has 0 bridgehead atoms. The summed E-state index contributed by atoms with van der Waals surface area (Å²) in [7, 11) is 0. The van der Waals surface area contributed by atoms with Crippen LogP contribution in [0.25, 0.3) is 0 Å². The zero-order valence-corrected chi connectivity index (χ0v) is 9.60. The van der Waals surface area contributed by atoms with E-state index >= 15 is 0 Å². The van der Waals surface area contributed by atoms with Crippen LogP contribution in [0, 0.1) is 5.82 Å². The standard InChI is InChI=1S/C10H9ClF3NO2/c1-2-17-7(16)4-5-3-6(12)9(11)15-8(5)10(13)14/h3,10H,2,4H2,1H3. The van der Waals surface area contributed by atoms with Gasteiger partial charge in [-0.25, -0.2) is 18.2 Å². The average molecular weight is 268 g/mol. The van der Waals surface area contributed by atoms with E-state index in [1.54, 1.807) is 6.92 Å². The van der Waals surface area contributed by atoms with Crippen molar-refractivity contribution >= 4 is 17.6 Å². The van der Waals surface area contributed by atoms with E-state index in [1.807, 2.05) is 0 Å². The molecule has 0 saturated carbocycles. The van der Waals surface area contributed by atoms with E-state index in [-0.39, 0.29) is 12.2 Å². The number of carbonyl (C=O) groups excluding carboxylic acids is 1. The van der Waals surface area contributed by atoms with Gasteiger partial charge < -0.3 is 4.74 Å². The van der Waals surface area contributed by atoms with Gasteiger partial charge in [0.2, 0.25) is 0 Å². The van der Waals surface area contributed by atoms with Gasteiger partial charge in [0, 0.05) is 0 Å². The summed E-state index contributed by atoms with van der Waals surface area (Å²) in [6, 6.07) is 0.772. The third kappa shape index (κ3) is 3.59. The van der Waals surface area contributed by atoms with Crippen LogP contribution in [0.15, 0.2) is 6.07 Å². The molecule has 7 heteroatoms. The van der Waals surface area contributed by atoms with Crippen molar-refractivity contribution in [1.29, 1.82) is 0 Å². The second-order valence-corrected chi connectivity index (χ2v) is 3.45. The second-order valence-electron chi connectivity index (χ2n) is 3.09. The van der Waals surface area contributed by atoms with Crippen LogP contribution in [0.4, 0.5) is 13.2 Å². The highest BCUT2D eigenvalue weighted by Crippen LogP contribution is 2.25. The highest BCUT2D eigenvalue weighted by Gasteiger charge is 2.20. The van der Waals surface area contributed by atoms with Gasteiger partial charge in [0.1, 0.15) is 5.69 Å². The number of rotatable bonds is 4. The fraction of sp³-hybridized carbons (Fsp3) is 0.400. The van der Waals surface area contributed by atoms with Crippen LogP contribution in [0.2, 0.25) is 5.15 Å². The highest BCUT2D eigenvalue weighted by atomic mass is 35.5. The van der Waals surface area contributed by atoms with Crippen LogP contribution in [-0.2, 0) is 16.0 Å². The summed E-state index contributed by atoms with van der Waals surface area (Å²) in [5.74, 6) is -1.67. The van der Waals surface area contributed by atoms with Gasteiger partial charge in [0.15, 0.2) is 11.0 Å². The van der Waals surface area contributed by atoms with Gasteiger partial charge >= 0.3 is 5.97 Å². The van der Waals surface area contributed by atoms with E-state index in [9.17, 15) is 18.0 Å². The third-order valence-electron chi connectivity index (χ3n) is 1.89. The van der Waals surface area contributed by atoms with E-state index in [2.05, 4.69) is 9.72 Å². The number of pyridine rings is 1. The molecule has 1 heterocycles. The Morgan fingerprint density at radius 1 is 1.59 bits per heavy atom. The van der Waals surface area contributed by atoms with Gasteiger partial charge in [0.05, 0.1) is 13.0 Å². The summed E-state index contributed by atoms with van der Waals surface area (Å²) in [5.41, 5.74) is -0.926. The fourth-order valence-corrected chi connectivity index (χ4v) is 1.36. The first-order valence-corrected chi connectivity index (χ1v) is 5.12. The Labute approximate surface area is 101 Å². The molecule has 0 atom stereocenters. The van der Waals surface area contributed by atoms with Crippen LogP contribution in [0.1, 0.15) is 24.6 Å². The van der Waals surface area contributed by atoms with Crippen LogP contribution >= 0.6 is 11.6 Å². The monoisotopic (exact) mass is 267 g/mol. The molecule has 17 heavy (non-hydrogen) atoms. The Hall–Kier alpha value is -1.30. The number of hydrogen-bond acceptors (Lipinski definition) is 3. The number of nitrogens with zero attached hydrogens (tertiary/aromatic N) is 1. The molecular weight excluding hydrogens is 259 g/mol. The summed E-state index contributed by atoms with van der Waals surface area (Å²) in [5, 5.41) is -0.645. The maximum Gasteiger partial charge on any atom is 0.310 e. The number of hydrogen-bond donors (Lipinski definition) is 0. The van der Waals surface area contributed by atoms with Crippen molar-refractivity contribution in [3.63, 3.8) is 0 Å². The van der Waals surface area contributed by atoms with Crippen molar-refractivity contribution in [3.8, 4) is 0 Å². The summed E-state index contributed by atoms with van der Waals surface area (Å²) >= 11 is 5.29. The molecule has 3 nitrogen and oxygen atoms in total. The number of alkyl halides is 2. The Balaban J connectivity index is 3.04. The highest BCUT2D eigenvalue weighted by molar-refractivity contribution is 6.29. The minimum atomic E-state index is -2.93. The molecule has 0 spiro atoms. The first-order valence-electron chi connectivity index (χ1n) is 4.74. The van der Waals surface area contributed by atoms with Crippen molar-refractivity contribution in [3.05, 3.63) is 28.3 Å². The average Bonchev–Trinajstić information content (AvgIpc) is 2.23. The van der Waals surface area contributed by atoms with Gasteiger partial charge in [-0.3, -0.25) is 4.79 Å². The summed E-state index contributed by atoms with van der Waals surface area (Å²) in [6.07, 6.45) is -3.40. The molecule has 0 radical (unpaired) electrons. The number of esters is 1. The molecule has 0 aliphatic heterocycles. The number of halogens is 4. The molecule has 1 aromatic rings. The SMILES string of the molecule is CCOC(=O)Cc1cc(F)c(Cl)nc1C(F)F. The Morgan fingerprint density at radius 3 is 2.76 bits per heavy atom. The number of carbonyl (C=O) groups is 1. The first kappa shape index (κ1) is 13.8. The number of aromatic nitrogens is 1. The third-order valence-corrected chi connectivity index (χ3v) is 2.16. The minimum Gasteiger partial charge on any atom is -0.466 e. The quantitative estimate of drug-likeness (QED) is 0.622. The molecule has 0 unspecified atom stereocenters. The van der Waals surface area contributed by atoms with E-state index in [4.69, 9.17) is 11.6 Å². The van der Waals surface area contributed by atoms with Crippen molar-refractivity contribution in [2.75, 3.05) is 6.61 Å². The lowest BCUT2D eigenvalue weighted by atomic mass is 10.1. The van der Waals surface area contributed by atoms with E-state index in [0.717, 1.165) is 6.07 Å². The van der Waals surface area contributed by atoms with Crippen molar-refractivity contribution in [2.24, 2.45) is 0 Å². The lowest BCUT2D eigenvalue weighted by Gasteiger charge is -2.08. The first-order chi connectivity index (χ1) is 7.95. The molecule has 0 aliphatic rings. The topological polar surface area (TPSA) is 39.2 Å². The smallest absolute Gasteiger partial charge is 0.310 e. The van der Waals surface area contributed by atoms with Gasteiger partial charge in [-0.05, 0) is 18.6 Å². The summed E-state index contributed by atoms with van der Waals surface area (Å²) in [4.78, 5) is 14.4. The van der Waals surface area contributed by atoms with Gasteiger partial charge in [-0.2, -0.15) is 0 Å². The molecule has 0 N–H and O–H groups in total. The molecule has 0 aliphatic carbocycles. The fourth-order valence-electron chi connectivity index (χ4n) is 1.22. The van der Waals surface area contributed by atoms with Gasteiger partial charge in [0.25, 0.3) is 6.43 Å². The predicted molar refractivity (Wildman–Crippen MR) is 54.5 cm³/mol. The van der Waals surface area contributed by atoms with Crippen LogP contribution in [0.5, 0.6) is 0 Å². The van der Waals surface area contributed by atoms with Crippen LogP contribution < -0.4 is 0 Å². The maximum atomic E-state index is 13.1. The molecule has 94 valence electrons. The molecule has 0 fully saturated rings. The van der Waals surface area contributed by atoms with E-state index in [1.165, 1.54) is 0 Å². The second kappa shape index (κ2) is 5.86. The summed E-state index contributed by atoms with van der Waals surface area (Å²) in [6.45, 7) is 1.69. The van der Waals surface area contributed by atoms with Crippen LogP contribution in [0.3, 0.4) is 0 Å². The molecule has 0 amide bonds. The van der Waals surface area contributed by atoms with Crippen molar-refractivity contribution in [2.45, 2.75) is 19.8 Å². The summed E-state index contributed by atoms with van der Waals surface area (Å²) < 4.78 is 42.8. The molecule has 1 rings (SSSR count). The van der Waals surface area contributed by atoms with Crippen LogP contribution in [-0.4, -0.2) is 17.6 Å². The van der Waals surface area contributed by atoms with E-state index in [0.29, 0.717) is 0 Å². The normalized spacial score (nSPS) is 10.7. The lowest BCUT2D eigenvalue weighted by molar-refractivity contribution is -0.142. The van der Waals surface area contributed by atoms with Gasteiger partial charge in [-0.15, -0.1) is 0 Å². The van der Waals surface area contributed by atoms with Crippen molar-refractivity contribution in [1.82, 2.24) is 4.98 Å². The molecule has 0 saturated heterocycles. The Bertz CT molecular complexity index is 426. The molecule has 1 aromatic heterocycles. The predicted octanol–water partition coefficient (Wildman–Crippen LogP) is 2.92. The van der Waals surface area contributed by atoms with E-state index < -0.39 is 35.5 Å². The Kier molecular flexibility index (Phi) is 4.74. The largest absolute Gasteiger partial charge is 0.466 e. The molecule has 0 aromatic carbocycles.